The largest absolute Gasteiger partial charge is 0.459 e. The molecule has 2 heterocycles. The lowest BCUT2D eigenvalue weighted by Crippen LogP contribution is -2.33. The van der Waals surface area contributed by atoms with Crippen LogP contribution in [0.1, 0.15) is 69.9 Å². The molecule has 0 unspecified atom stereocenters. The highest BCUT2D eigenvalue weighted by molar-refractivity contribution is 7.99. The van der Waals surface area contributed by atoms with Crippen molar-refractivity contribution in [2.75, 3.05) is 35.2 Å². The number of ether oxygens (including phenoxy) is 1. The van der Waals surface area contributed by atoms with Gasteiger partial charge in [-0.05, 0) is 94.0 Å². The molecule has 1 amide bonds. The number of amides is 1. The van der Waals surface area contributed by atoms with Crippen LogP contribution in [-0.2, 0) is 20.9 Å². The number of carbonyl (C=O) groups excluding carboxylic acids is 2. The molecule has 6 rings (SSSR count). The van der Waals surface area contributed by atoms with Gasteiger partial charge in [0.2, 0.25) is 5.91 Å². The average Bonchev–Trinajstić information content (AvgIpc) is 3.47. The van der Waals surface area contributed by atoms with Crippen LogP contribution in [0.3, 0.4) is 0 Å². The molecule has 0 atom stereocenters. The van der Waals surface area contributed by atoms with Crippen molar-refractivity contribution < 1.29 is 14.3 Å². The molecule has 0 bridgehead atoms. The van der Waals surface area contributed by atoms with Gasteiger partial charge in [0.25, 0.3) is 0 Å². The molecule has 7 nitrogen and oxygen atoms in total. The Balaban J connectivity index is 1.21. The second kappa shape index (κ2) is 16.4. The van der Waals surface area contributed by atoms with Gasteiger partial charge < -0.3 is 19.1 Å². The highest BCUT2D eigenvalue weighted by Crippen LogP contribution is 2.32. The molecule has 1 saturated heterocycles. The summed E-state index contributed by atoms with van der Waals surface area (Å²) in [4.78, 5) is 36.5. The van der Waals surface area contributed by atoms with E-state index in [0.717, 1.165) is 58.3 Å². The normalized spacial score (nSPS) is 13.5. The van der Waals surface area contributed by atoms with E-state index >= 15 is 0 Å². The third kappa shape index (κ3) is 9.16. The summed E-state index contributed by atoms with van der Waals surface area (Å²) in [6.45, 7) is 8.45. The second-order valence-electron chi connectivity index (χ2n) is 13.9. The fourth-order valence-corrected chi connectivity index (χ4v) is 7.62. The summed E-state index contributed by atoms with van der Waals surface area (Å²) in [6, 6.07) is 37.1. The van der Waals surface area contributed by atoms with E-state index in [2.05, 4.69) is 53.4 Å². The lowest BCUT2D eigenvalue weighted by Gasteiger charge is -2.30. The molecule has 1 aliphatic heterocycles. The van der Waals surface area contributed by atoms with Gasteiger partial charge in [0, 0.05) is 49.1 Å². The minimum absolute atomic E-state index is 0.0536. The average molecular weight is 689 g/mol. The van der Waals surface area contributed by atoms with Crippen molar-refractivity contribution >= 4 is 46.0 Å². The number of thioether (sulfide) groups is 1. The van der Waals surface area contributed by atoms with Crippen LogP contribution in [0.25, 0.3) is 11.0 Å². The van der Waals surface area contributed by atoms with Crippen molar-refractivity contribution in [2.24, 2.45) is 0 Å². The van der Waals surface area contributed by atoms with Gasteiger partial charge in [-0.1, -0.05) is 84.6 Å². The molecule has 1 fully saturated rings. The van der Waals surface area contributed by atoms with E-state index in [4.69, 9.17) is 9.72 Å². The van der Waals surface area contributed by atoms with Crippen molar-refractivity contribution in [2.45, 2.75) is 76.1 Å². The van der Waals surface area contributed by atoms with E-state index in [1.165, 1.54) is 24.9 Å². The van der Waals surface area contributed by atoms with Gasteiger partial charge in [0.1, 0.15) is 12.1 Å². The van der Waals surface area contributed by atoms with Crippen molar-refractivity contribution in [1.82, 2.24) is 9.55 Å². The van der Waals surface area contributed by atoms with Gasteiger partial charge in [0.15, 0.2) is 5.16 Å². The molecule has 1 aromatic heterocycles. The quantitative estimate of drug-likeness (QED) is 0.0699. The standard InChI is InChI=1S/C42H48N4O3S/c1-42(2,3)49-40(48)31-46-38-21-12-11-20-37(38)43-41(46)50-29-15-28-45(35-24-22-34(23-25-35)44-26-13-6-14-27-44)39(47)30-36(32-16-7-4-8-17-32)33-18-9-5-10-19-33/h4-5,7-12,16-25,36H,6,13-15,26-31H2,1-3H3. The van der Waals surface area contributed by atoms with Crippen LogP contribution in [0.15, 0.2) is 114 Å². The van der Waals surface area contributed by atoms with Gasteiger partial charge in [-0.15, -0.1) is 0 Å². The Morgan fingerprint density at radius 3 is 2.08 bits per heavy atom. The smallest absolute Gasteiger partial charge is 0.326 e. The molecule has 0 aliphatic carbocycles. The van der Waals surface area contributed by atoms with Crippen LogP contribution in [0.5, 0.6) is 0 Å². The molecule has 0 saturated carbocycles. The van der Waals surface area contributed by atoms with Crippen molar-refractivity contribution in [3.8, 4) is 0 Å². The number of carbonyl (C=O) groups is 2. The van der Waals surface area contributed by atoms with Gasteiger partial charge in [-0.2, -0.15) is 0 Å². The topological polar surface area (TPSA) is 67.7 Å². The number of aromatic nitrogens is 2. The number of rotatable bonds is 13. The highest BCUT2D eigenvalue weighted by atomic mass is 32.2. The third-order valence-corrected chi connectivity index (χ3v) is 10.1. The monoisotopic (exact) mass is 688 g/mol. The maximum atomic E-state index is 14.4. The SMILES string of the molecule is CC(C)(C)OC(=O)Cn1c(SCCCN(C(=O)CC(c2ccccc2)c2ccccc2)c2ccc(N3CCCCC3)cc2)nc2ccccc21. The highest BCUT2D eigenvalue weighted by Gasteiger charge is 2.24. The maximum absolute atomic E-state index is 14.4. The lowest BCUT2D eigenvalue weighted by atomic mass is 9.88. The first kappa shape index (κ1) is 35.3. The molecular formula is C42H48N4O3S. The molecule has 0 radical (unpaired) electrons. The van der Waals surface area contributed by atoms with E-state index in [0.29, 0.717) is 13.0 Å². The summed E-state index contributed by atoms with van der Waals surface area (Å²) >= 11 is 1.61. The zero-order chi connectivity index (χ0) is 34.9. The number of hydrogen-bond donors (Lipinski definition) is 0. The van der Waals surface area contributed by atoms with E-state index in [1.807, 2.05) is 90.9 Å². The predicted molar refractivity (Wildman–Crippen MR) is 205 cm³/mol. The Labute approximate surface area is 300 Å². The number of imidazole rings is 1. The van der Waals surface area contributed by atoms with E-state index < -0.39 is 5.60 Å². The number of esters is 1. The third-order valence-electron chi connectivity index (χ3n) is 9.05. The van der Waals surface area contributed by atoms with Crippen molar-refractivity contribution in [3.05, 3.63) is 120 Å². The minimum Gasteiger partial charge on any atom is -0.459 e. The molecule has 0 spiro atoms. The van der Waals surface area contributed by atoms with Crippen molar-refractivity contribution in [1.29, 1.82) is 0 Å². The summed E-state index contributed by atoms with van der Waals surface area (Å²) in [5, 5.41) is 0.772. The minimum atomic E-state index is -0.567. The Morgan fingerprint density at radius 1 is 0.820 bits per heavy atom. The second-order valence-corrected chi connectivity index (χ2v) is 15.0. The summed E-state index contributed by atoms with van der Waals surface area (Å²) in [5.74, 6) is 0.477. The van der Waals surface area contributed by atoms with Gasteiger partial charge in [-0.25, -0.2) is 4.98 Å². The molecule has 260 valence electrons. The van der Waals surface area contributed by atoms with Crippen LogP contribution in [0, 0.1) is 0 Å². The van der Waals surface area contributed by atoms with Gasteiger partial charge in [-0.3, -0.25) is 9.59 Å². The van der Waals surface area contributed by atoms with Crippen LogP contribution < -0.4 is 9.80 Å². The predicted octanol–water partition coefficient (Wildman–Crippen LogP) is 9.11. The van der Waals surface area contributed by atoms with Gasteiger partial charge in [0.05, 0.1) is 11.0 Å². The Hall–Kier alpha value is -4.56. The number of hydrogen-bond acceptors (Lipinski definition) is 6. The van der Waals surface area contributed by atoms with E-state index in [-0.39, 0.29) is 24.3 Å². The zero-order valence-corrected chi connectivity index (χ0v) is 30.3. The van der Waals surface area contributed by atoms with Crippen LogP contribution in [0.4, 0.5) is 11.4 Å². The van der Waals surface area contributed by atoms with E-state index in [1.54, 1.807) is 11.8 Å². The number of anilines is 2. The van der Waals surface area contributed by atoms with Crippen LogP contribution in [0.2, 0.25) is 0 Å². The molecular weight excluding hydrogens is 641 g/mol. The first-order valence-corrected chi connectivity index (χ1v) is 18.8. The van der Waals surface area contributed by atoms with Crippen LogP contribution in [-0.4, -0.2) is 52.4 Å². The number of benzene rings is 4. The summed E-state index contributed by atoms with van der Waals surface area (Å²) in [5.41, 5.74) is 5.57. The number of nitrogens with zero attached hydrogens (tertiary/aromatic N) is 4. The molecule has 0 N–H and O–H groups in total. The fourth-order valence-electron chi connectivity index (χ4n) is 6.68. The molecule has 5 aromatic rings. The summed E-state index contributed by atoms with van der Waals surface area (Å²) in [7, 11) is 0. The summed E-state index contributed by atoms with van der Waals surface area (Å²) in [6.07, 6.45) is 4.84. The zero-order valence-electron chi connectivity index (χ0n) is 29.5. The Kier molecular flexibility index (Phi) is 11.6. The first-order valence-electron chi connectivity index (χ1n) is 17.8. The van der Waals surface area contributed by atoms with Crippen molar-refractivity contribution in [3.63, 3.8) is 0 Å². The maximum Gasteiger partial charge on any atom is 0.326 e. The molecule has 1 aliphatic rings. The fraction of sp³-hybridized carbons (Fsp3) is 0.357. The first-order chi connectivity index (χ1) is 24.2. The Morgan fingerprint density at radius 2 is 1.44 bits per heavy atom. The number of fused-ring (bicyclic) bond motifs is 1. The van der Waals surface area contributed by atoms with E-state index in [9.17, 15) is 9.59 Å². The lowest BCUT2D eigenvalue weighted by molar-refractivity contribution is -0.155. The van der Waals surface area contributed by atoms with Gasteiger partial charge >= 0.3 is 5.97 Å². The molecule has 50 heavy (non-hydrogen) atoms. The Bertz CT molecular complexity index is 1810. The number of para-hydroxylation sites is 2. The molecule has 8 heteroatoms. The summed E-state index contributed by atoms with van der Waals surface area (Å²) < 4.78 is 7.59. The molecule has 4 aromatic carbocycles. The number of piperidine rings is 1. The van der Waals surface area contributed by atoms with Crippen LogP contribution >= 0.6 is 11.8 Å².